The molecule has 0 unspecified atom stereocenters. The van der Waals surface area contributed by atoms with Gasteiger partial charge in [-0.15, -0.1) is 0 Å². The summed E-state index contributed by atoms with van der Waals surface area (Å²) in [6.45, 7) is 0. The van der Waals surface area contributed by atoms with Crippen molar-refractivity contribution in [3.05, 3.63) is 39.2 Å². The SMILES string of the molecule is COc1c([N+](=O)[O-])c2cc(C(=O)O)nc2c2c(C(=O)O)cc(C(=O)O)[nH]c12. The van der Waals surface area contributed by atoms with Gasteiger partial charge in [0, 0.05) is 5.39 Å². The van der Waals surface area contributed by atoms with Crippen molar-refractivity contribution >= 4 is 45.4 Å². The van der Waals surface area contributed by atoms with Crippen LogP contribution < -0.4 is 4.74 Å². The first-order chi connectivity index (χ1) is 12.7. The molecule has 0 amide bonds. The number of benzene rings is 1. The third-order valence-electron chi connectivity index (χ3n) is 3.84. The van der Waals surface area contributed by atoms with Crippen LogP contribution in [0.2, 0.25) is 0 Å². The Morgan fingerprint density at radius 1 is 1.15 bits per heavy atom. The fourth-order valence-corrected chi connectivity index (χ4v) is 2.80. The fraction of sp³-hybridized carbons (Fsp3) is 0.0667. The van der Waals surface area contributed by atoms with E-state index in [1.54, 1.807) is 0 Å². The first-order valence-electron chi connectivity index (χ1n) is 7.09. The molecule has 2 aromatic heterocycles. The number of hydrogen-bond acceptors (Lipinski definition) is 7. The zero-order valence-corrected chi connectivity index (χ0v) is 13.3. The highest BCUT2D eigenvalue weighted by Gasteiger charge is 2.31. The number of pyridine rings is 1. The van der Waals surface area contributed by atoms with Crippen molar-refractivity contribution in [2.24, 2.45) is 0 Å². The molecule has 0 saturated carbocycles. The van der Waals surface area contributed by atoms with Gasteiger partial charge in [-0.05, 0) is 12.1 Å². The number of carbonyl (C=O) groups is 3. The van der Waals surface area contributed by atoms with Gasteiger partial charge in [-0.2, -0.15) is 0 Å². The zero-order chi connectivity index (χ0) is 20.0. The summed E-state index contributed by atoms with van der Waals surface area (Å²) in [7, 11) is 1.07. The summed E-state index contributed by atoms with van der Waals surface area (Å²) in [4.78, 5) is 51.1. The number of fused-ring (bicyclic) bond motifs is 3. The maximum Gasteiger partial charge on any atom is 0.354 e. The van der Waals surface area contributed by atoms with Crippen LogP contribution in [-0.2, 0) is 0 Å². The molecule has 12 nitrogen and oxygen atoms in total. The number of nitrogens with zero attached hydrogens (tertiary/aromatic N) is 2. The van der Waals surface area contributed by atoms with Crippen LogP contribution in [0, 0.1) is 10.1 Å². The van der Waals surface area contributed by atoms with E-state index in [4.69, 9.17) is 9.84 Å². The Balaban J connectivity index is 2.70. The minimum absolute atomic E-state index is 0.211. The summed E-state index contributed by atoms with van der Waals surface area (Å²) < 4.78 is 5.03. The van der Waals surface area contributed by atoms with Gasteiger partial charge in [0.1, 0.15) is 11.4 Å². The van der Waals surface area contributed by atoms with Gasteiger partial charge in [0.15, 0.2) is 0 Å². The predicted octanol–water partition coefficient (Wildman–Crippen LogP) is 1.73. The highest BCUT2D eigenvalue weighted by Crippen LogP contribution is 2.43. The summed E-state index contributed by atoms with van der Waals surface area (Å²) in [6.07, 6.45) is 0. The van der Waals surface area contributed by atoms with E-state index in [-0.39, 0.29) is 21.8 Å². The number of carboxylic acids is 3. The van der Waals surface area contributed by atoms with Crippen LogP contribution in [0.15, 0.2) is 12.1 Å². The van der Waals surface area contributed by atoms with Gasteiger partial charge in [0.25, 0.3) is 0 Å². The van der Waals surface area contributed by atoms with E-state index in [1.165, 1.54) is 0 Å². The van der Waals surface area contributed by atoms with Crippen LogP contribution in [0.1, 0.15) is 31.3 Å². The van der Waals surface area contributed by atoms with E-state index in [0.717, 1.165) is 19.2 Å². The first-order valence-corrected chi connectivity index (χ1v) is 7.09. The number of hydrogen-bond donors (Lipinski definition) is 4. The largest absolute Gasteiger partial charge is 0.489 e. The van der Waals surface area contributed by atoms with Crippen molar-refractivity contribution < 1.29 is 39.4 Å². The Bertz CT molecular complexity index is 1180. The monoisotopic (exact) mass is 375 g/mol. The molecule has 0 atom stereocenters. The summed E-state index contributed by atoms with van der Waals surface area (Å²) in [5.74, 6) is -4.97. The smallest absolute Gasteiger partial charge is 0.354 e. The number of rotatable bonds is 5. The van der Waals surface area contributed by atoms with E-state index >= 15 is 0 Å². The molecule has 12 heteroatoms. The second-order valence-electron chi connectivity index (χ2n) is 5.30. The normalized spacial score (nSPS) is 10.9. The van der Waals surface area contributed by atoms with E-state index in [1.807, 2.05) is 0 Å². The number of nitrogens with one attached hydrogen (secondary N) is 1. The Kier molecular flexibility index (Phi) is 3.87. The second-order valence-corrected chi connectivity index (χ2v) is 5.30. The van der Waals surface area contributed by atoms with Crippen molar-refractivity contribution in [1.29, 1.82) is 0 Å². The van der Waals surface area contributed by atoms with Gasteiger partial charge >= 0.3 is 23.6 Å². The Hall–Kier alpha value is -4.22. The predicted molar refractivity (Wildman–Crippen MR) is 87.7 cm³/mol. The van der Waals surface area contributed by atoms with Crippen molar-refractivity contribution in [1.82, 2.24) is 9.97 Å². The standard InChI is InChI=1S/C15H9N3O9/c1-27-12-10-8(4(13(19)20)2-6(17-10)14(21)22)9-5(11(12)18(25)26)3-7(16-9)15(23)24/h2-3,17H,1H3,(H,19,20)(H,21,22)(H,23,24). The van der Waals surface area contributed by atoms with Crippen LogP contribution in [0.5, 0.6) is 5.75 Å². The number of aromatic carboxylic acids is 3. The molecule has 138 valence electrons. The van der Waals surface area contributed by atoms with Crippen LogP contribution in [-0.4, -0.2) is 55.2 Å². The maximum absolute atomic E-state index is 11.7. The van der Waals surface area contributed by atoms with Crippen LogP contribution in [0.25, 0.3) is 21.8 Å². The average Bonchev–Trinajstić information content (AvgIpc) is 3.03. The van der Waals surface area contributed by atoms with Gasteiger partial charge < -0.3 is 25.0 Å². The number of nitro benzene ring substituents is 1. The van der Waals surface area contributed by atoms with Crippen molar-refractivity contribution in [2.45, 2.75) is 0 Å². The molecule has 3 aromatic rings. The molecule has 1 aromatic carbocycles. The zero-order valence-electron chi connectivity index (χ0n) is 13.3. The molecule has 0 aliphatic carbocycles. The van der Waals surface area contributed by atoms with Gasteiger partial charge in [-0.3, -0.25) is 10.1 Å². The highest BCUT2D eigenvalue weighted by molar-refractivity contribution is 6.20. The van der Waals surface area contributed by atoms with Crippen molar-refractivity contribution in [3.63, 3.8) is 0 Å². The molecule has 0 aliphatic rings. The number of methoxy groups -OCH3 is 1. The fourth-order valence-electron chi connectivity index (χ4n) is 2.80. The Labute approximate surface area is 147 Å². The average molecular weight is 375 g/mol. The molecule has 27 heavy (non-hydrogen) atoms. The van der Waals surface area contributed by atoms with E-state index in [0.29, 0.717) is 0 Å². The quantitative estimate of drug-likeness (QED) is 0.377. The molecule has 3 rings (SSSR count). The minimum atomic E-state index is -1.53. The lowest BCUT2D eigenvalue weighted by Gasteiger charge is -2.11. The topological polar surface area (TPSA) is 193 Å². The van der Waals surface area contributed by atoms with Crippen LogP contribution in [0.4, 0.5) is 5.69 Å². The lowest BCUT2D eigenvalue weighted by Crippen LogP contribution is -2.08. The molecule has 0 fully saturated rings. The summed E-state index contributed by atoms with van der Waals surface area (Å²) in [5.41, 5.74) is -2.88. The van der Waals surface area contributed by atoms with Crippen LogP contribution >= 0.6 is 0 Å². The summed E-state index contributed by atoms with van der Waals surface area (Å²) in [6, 6.07) is 1.74. The maximum atomic E-state index is 11.7. The van der Waals surface area contributed by atoms with Crippen molar-refractivity contribution in [3.8, 4) is 5.75 Å². The lowest BCUT2D eigenvalue weighted by atomic mass is 10.0. The third-order valence-corrected chi connectivity index (χ3v) is 3.84. The molecule has 0 bridgehead atoms. The molecule has 2 heterocycles. The van der Waals surface area contributed by atoms with Gasteiger partial charge in [-0.25, -0.2) is 19.4 Å². The molecule has 0 radical (unpaired) electrons. The molecule has 0 aliphatic heterocycles. The minimum Gasteiger partial charge on any atom is -0.489 e. The van der Waals surface area contributed by atoms with Crippen LogP contribution in [0.3, 0.4) is 0 Å². The van der Waals surface area contributed by atoms with E-state index in [9.17, 15) is 34.7 Å². The van der Waals surface area contributed by atoms with Gasteiger partial charge in [0.2, 0.25) is 5.75 Å². The molecule has 4 N–H and O–H groups in total. The number of aromatic amines is 1. The third kappa shape index (κ3) is 2.55. The lowest BCUT2D eigenvalue weighted by molar-refractivity contribution is -0.383. The van der Waals surface area contributed by atoms with Crippen molar-refractivity contribution in [2.75, 3.05) is 7.11 Å². The molecular weight excluding hydrogens is 366 g/mol. The Morgan fingerprint density at radius 3 is 2.30 bits per heavy atom. The van der Waals surface area contributed by atoms with Gasteiger partial charge in [0.05, 0.1) is 34.0 Å². The van der Waals surface area contributed by atoms with E-state index < -0.39 is 51.2 Å². The first kappa shape index (κ1) is 17.6. The molecule has 0 spiro atoms. The number of aromatic nitrogens is 2. The molecular formula is C15H9N3O9. The second kappa shape index (κ2) is 5.94. The number of carboxylic acid groups (broad SMARTS) is 3. The van der Waals surface area contributed by atoms with E-state index in [2.05, 4.69) is 9.97 Å². The highest BCUT2D eigenvalue weighted by atomic mass is 16.6. The van der Waals surface area contributed by atoms with Gasteiger partial charge in [-0.1, -0.05) is 0 Å². The Morgan fingerprint density at radius 2 is 1.81 bits per heavy atom. The number of nitro groups is 1. The number of ether oxygens (including phenoxy) is 1. The number of H-pyrrole nitrogens is 1. The molecule has 0 saturated heterocycles. The summed E-state index contributed by atoms with van der Waals surface area (Å²) >= 11 is 0. The summed E-state index contributed by atoms with van der Waals surface area (Å²) in [5, 5.41) is 38.9.